The number of nitrogens with one attached hydrogen (secondary N) is 2. The van der Waals surface area contributed by atoms with Crippen molar-refractivity contribution in [2.45, 2.75) is 50.9 Å². The number of nitrogens with zero attached hydrogens (tertiary/aromatic N) is 2. The highest BCUT2D eigenvalue weighted by atomic mass is 32.2. The van der Waals surface area contributed by atoms with E-state index in [9.17, 15) is 26.4 Å². The predicted molar refractivity (Wildman–Crippen MR) is 146 cm³/mol. The lowest BCUT2D eigenvalue weighted by Crippen LogP contribution is -2.42. The Hall–Kier alpha value is -3.34. The minimum atomic E-state index is -4.56. The first-order chi connectivity index (χ1) is 18.5. The molecule has 0 spiro atoms. The standard InChI is InChI=1S/C28H31F3N4O3S/c1-18-5-10-24-23(15-18)25(17-26(34-24)28(29,30)31)32-20-3-2-4-21(16-20)33-27(36)19-6-8-22(9-7-19)35-11-13-39(37,38)14-12-35/h5-10,15,17,20-21H,2-4,11-14,16H2,1H3,(H,32,34)(H,33,36)/t20-,21+/m0/s1. The summed E-state index contributed by atoms with van der Waals surface area (Å²) in [4.78, 5) is 18.8. The van der Waals surface area contributed by atoms with Gasteiger partial charge in [0.2, 0.25) is 0 Å². The van der Waals surface area contributed by atoms with Crippen LogP contribution in [0.2, 0.25) is 0 Å². The van der Waals surface area contributed by atoms with E-state index in [0.29, 0.717) is 36.1 Å². The van der Waals surface area contributed by atoms with Crippen molar-refractivity contribution in [3.05, 3.63) is 65.4 Å². The lowest BCUT2D eigenvalue weighted by molar-refractivity contribution is -0.140. The van der Waals surface area contributed by atoms with Crippen LogP contribution < -0.4 is 15.5 Å². The summed E-state index contributed by atoms with van der Waals surface area (Å²) in [7, 11) is -2.97. The zero-order valence-electron chi connectivity index (χ0n) is 21.6. The van der Waals surface area contributed by atoms with Crippen LogP contribution in [-0.2, 0) is 16.0 Å². The molecule has 1 aliphatic carbocycles. The molecule has 7 nitrogen and oxygen atoms in total. The number of rotatable bonds is 5. The molecule has 208 valence electrons. The molecule has 39 heavy (non-hydrogen) atoms. The van der Waals surface area contributed by atoms with Crippen LogP contribution in [0.1, 0.15) is 47.3 Å². The highest BCUT2D eigenvalue weighted by Crippen LogP contribution is 2.35. The van der Waals surface area contributed by atoms with Gasteiger partial charge in [-0.05, 0) is 75.1 Å². The molecule has 11 heteroatoms. The Morgan fingerprint density at radius 3 is 2.38 bits per heavy atom. The largest absolute Gasteiger partial charge is 0.433 e. The quantitative estimate of drug-likeness (QED) is 0.459. The zero-order valence-corrected chi connectivity index (χ0v) is 22.4. The summed E-state index contributed by atoms with van der Waals surface area (Å²) < 4.78 is 63.9. The van der Waals surface area contributed by atoms with Crippen molar-refractivity contribution >= 4 is 38.0 Å². The van der Waals surface area contributed by atoms with Crippen LogP contribution in [0.15, 0.2) is 48.5 Å². The minimum Gasteiger partial charge on any atom is -0.382 e. The molecule has 1 aliphatic heterocycles. The number of hydrogen-bond acceptors (Lipinski definition) is 6. The third kappa shape index (κ3) is 6.46. The highest BCUT2D eigenvalue weighted by molar-refractivity contribution is 7.91. The van der Waals surface area contributed by atoms with Crippen molar-refractivity contribution in [1.29, 1.82) is 0 Å². The third-order valence-corrected chi connectivity index (χ3v) is 9.07. The van der Waals surface area contributed by atoms with Gasteiger partial charge in [0.05, 0.1) is 17.0 Å². The average Bonchev–Trinajstić information content (AvgIpc) is 2.88. The van der Waals surface area contributed by atoms with Crippen LogP contribution in [-0.4, -0.2) is 56.0 Å². The molecule has 2 atom stereocenters. The zero-order chi connectivity index (χ0) is 27.8. The number of anilines is 2. The van der Waals surface area contributed by atoms with Crippen LogP contribution in [0, 0.1) is 6.92 Å². The summed E-state index contributed by atoms with van der Waals surface area (Å²) in [6.07, 6.45) is -1.58. The predicted octanol–water partition coefficient (Wildman–Crippen LogP) is 4.95. The van der Waals surface area contributed by atoms with Crippen LogP contribution in [0.5, 0.6) is 0 Å². The first kappa shape index (κ1) is 27.2. The second kappa shape index (κ2) is 10.7. The van der Waals surface area contributed by atoms with Crippen molar-refractivity contribution in [3.8, 4) is 0 Å². The second-order valence-corrected chi connectivity index (χ2v) is 12.7. The van der Waals surface area contributed by atoms with Crippen molar-refractivity contribution < 1.29 is 26.4 Å². The number of alkyl halides is 3. The molecule has 2 aliphatic rings. The summed E-state index contributed by atoms with van der Waals surface area (Å²) in [5.41, 5.74) is 2.06. The number of sulfone groups is 1. The number of aromatic nitrogens is 1. The van der Waals surface area contributed by atoms with Crippen LogP contribution >= 0.6 is 0 Å². The Morgan fingerprint density at radius 2 is 1.69 bits per heavy atom. The monoisotopic (exact) mass is 560 g/mol. The average molecular weight is 561 g/mol. The van der Waals surface area contributed by atoms with E-state index in [-0.39, 0.29) is 35.0 Å². The molecule has 2 N–H and O–H groups in total. The fourth-order valence-electron chi connectivity index (χ4n) is 5.34. The van der Waals surface area contributed by atoms with Gasteiger partial charge in [-0.3, -0.25) is 4.79 Å². The molecule has 1 amide bonds. The van der Waals surface area contributed by atoms with E-state index < -0.39 is 21.7 Å². The highest BCUT2D eigenvalue weighted by Gasteiger charge is 2.34. The minimum absolute atomic E-state index is 0.103. The van der Waals surface area contributed by atoms with Gasteiger partial charge >= 0.3 is 6.18 Å². The summed E-state index contributed by atoms with van der Waals surface area (Å²) >= 11 is 0. The Balaban J connectivity index is 1.25. The second-order valence-electron chi connectivity index (χ2n) is 10.4. The SMILES string of the molecule is Cc1ccc2nc(C(F)(F)F)cc(N[C@H]3CCC[C@@H](NC(=O)c4ccc(N5CCS(=O)(=O)CC5)cc4)C3)c2c1. The number of carbonyl (C=O) groups is 1. The van der Waals surface area contributed by atoms with Gasteiger partial charge in [-0.25, -0.2) is 13.4 Å². The molecule has 1 saturated heterocycles. The van der Waals surface area contributed by atoms with Crippen LogP contribution in [0.4, 0.5) is 24.5 Å². The van der Waals surface area contributed by atoms with Gasteiger partial charge in [-0.2, -0.15) is 13.2 Å². The van der Waals surface area contributed by atoms with Crippen molar-refractivity contribution in [2.24, 2.45) is 0 Å². The molecular formula is C28H31F3N4O3S. The maximum atomic E-state index is 13.5. The molecule has 2 aromatic carbocycles. The lowest BCUT2D eigenvalue weighted by Gasteiger charge is -2.31. The molecular weight excluding hydrogens is 529 g/mol. The number of hydrogen-bond donors (Lipinski definition) is 2. The summed E-state index contributed by atoms with van der Waals surface area (Å²) in [5.74, 6) is 0.0367. The number of amides is 1. The Labute approximate surface area is 225 Å². The number of benzene rings is 2. The van der Waals surface area contributed by atoms with E-state index in [2.05, 4.69) is 15.6 Å². The molecule has 2 fully saturated rings. The van der Waals surface area contributed by atoms with Crippen molar-refractivity contribution in [3.63, 3.8) is 0 Å². The van der Waals surface area contributed by atoms with Crippen LogP contribution in [0.25, 0.3) is 10.9 Å². The normalized spacial score (nSPS) is 21.5. The van der Waals surface area contributed by atoms with Crippen molar-refractivity contribution in [2.75, 3.05) is 34.8 Å². The van der Waals surface area contributed by atoms with Gasteiger partial charge in [-0.15, -0.1) is 0 Å². The van der Waals surface area contributed by atoms with E-state index >= 15 is 0 Å². The van der Waals surface area contributed by atoms with E-state index in [4.69, 9.17) is 0 Å². The fraction of sp³-hybridized carbons (Fsp3) is 0.429. The van der Waals surface area contributed by atoms with Gasteiger partial charge in [0.15, 0.2) is 9.84 Å². The lowest BCUT2D eigenvalue weighted by atomic mass is 9.90. The maximum absolute atomic E-state index is 13.5. The number of pyridine rings is 1. The summed E-state index contributed by atoms with van der Waals surface area (Å²) in [5, 5.41) is 7.03. The molecule has 0 bridgehead atoms. The van der Waals surface area contributed by atoms with Gasteiger partial charge in [0, 0.05) is 47.5 Å². The molecule has 0 unspecified atom stereocenters. The molecule has 1 aromatic heterocycles. The fourth-order valence-corrected chi connectivity index (χ4v) is 6.54. The molecule has 2 heterocycles. The number of carbonyl (C=O) groups excluding carboxylic acids is 1. The smallest absolute Gasteiger partial charge is 0.382 e. The van der Waals surface area contributed by atoms with E-state index in [1.54, 1.807) is 24.3 Å². The third-order valence-electron chi connectivity index (χ3n) is 7.46. The Kier molecular flexibility index (Phi) is 7.45. The topological polar surface area (TPSA) is 91.4 Å². The van der Waals surface area contributed by atoms with Crippen molar-refractivity contribution in [1.82, 2.24) is 10.3 Å². The van der Waals surface area contributed by atoms with Gasteiger partial charge in [0.1, 0.15) is 5.69 Å². The number of fused-ring (bicyclic) bond motifs is 1. The van der Waals surface area contributed by atoms with E-state index in [0.717, 1.165) is 36.6 Å². The van der Waals surface area contributed by atoms with E-state index in [1.165, 1.54) is 0 Å². The Morgan fingerprint density at radius 1 is 1.00 bits per heavy atom. The first-order valence-corrected chi connectivity index (χ1v) is 14.9. The first-order valence-electron chi connectivity index (χ1n) is 13.1. The number of halogens is 3. The van der Waals surface area contributed by atoms with Gasteiger partial charge in [0.25, 0.3) is 5.91 Å². The molecule has 5 rings (SSSR count). The molecule has 3 aromatic rings. The summed E-state index contributed by atoms with van der Waals surface area (Å²) in [6, 6.07) is 13.2. The maximum Gasteiger partial charge on any atom is 0.433 e. The molecule has 0 radical (unpaired) electrons. The Bertz CT molecular complexity index is 1460. The van der Waals surface area contributed by atoms with Gasteiger partial charge in [-0.1, -0.05) is 11.6 Å². The van der Waals surface area contributed by atoms with Gasteiger partial charge < -0.3 is 15.5 Å². The number of aryl methyl sites for hydroxylation is 1. The van der Waals surface area contributed by atoms with Crippen LogP contribution in [0.3, 0.4) is 0 Å². The summed E-state index contributed by atoms with van der Waals surface area (Å²) in [6.45, 7) is 2.75. The molecule has 1 saturated carbocycles. The van der Waals surface area contributed by atoms with E-state index in [1.807, 2.05) is 30.0 Å².